The number of aryl methyl sites for hydroxylation is 2. The minimum absolute atomic E-state index is 0.815. The van der Waals surface area contributed by atoms with E-state index in [0.717, 1.165) is 74.3 Å². The van der Waals surface area contributed by atoms with E-state index >= 15 is 0 Å². The minimum atomic E-state index is 0.815. The molecule has 144 valence electrons. The molecule has 0 aliphatic carbocycles. The molecule has 6 heteroatoms. The topological polar surface area (TPSA) is 51.0 Å². The quantitative estimate of drug-likeness (QED) is 0.807. The molecule has 1 aromatic heterocycles. The van der Waals surface area contributed by atoms with Gasteiger partial charge in [0.2, 0.25) is 0 Å². The monoisotopic (exact) mass is 369 g/mol. The molecule has 0 radical (unpaired) electrons. The highest BCUT2D eigenvalue weighted by Gasteiger charge is 2.22. The summed E-state index contributed by atoms with van der Waals surface area (Å²) in [6, 6.07) is 4.34. The molecule has 0 bridgehead atoms. The molecule has 1 saturated heterocycles. The van der Waals surface area contributed by atoms with Crippen molar-refractivity contribution in [2.75, 3.05) is 57.9 Å². The lowest BCUT2D eigenvalue weighted by Crippen LogP contribution is -2.42. The van der Waals surface area contributed by atoms with Gasteiger partial charge in [0.25, 0.3) is 0 Å². The number of hydrogen-bond donors (Lipinski definition) is 0. The first-order valence-corrected chi connectivity index (χ1v) is 9.54. The number of fused-ring (bicyclic) bond motifs is 1. The maximum atomic E-state index is 5.74. The summed E-state index contributed by atoms with van der Waals surface area (Å²) in [5.74, 6) is 1.67. The van der Waals surface area contributed by atoms with Crippen LogP contribution in [0.25, 0.3) is 17.2 Å². The molecule has 0 amide bonds. The van der Waals surface area contributed by atoms with Gasteiger partial charge in [-0.25, -0.2) is 0 Å². The zero-order valence-corrected chi connectivity index (χ0v) is 16.3. The van der Waals surface area contributed by atoms with Crippen LogP contribution in [0.1, 0.15) is 17.0 Å². The van der Waals surface area contributed by atoms with Gasteiger partial charge in [-0.05, 0) is 25.5 Å². The molecule has 2 aromatic rings. The summed E-state index contributed by atoms with van der Waals surface area (Å²) in [7, 11) is 1.72. The first-order chi connectivity index (χ1) is 13.2. The second-order valence-corrected chi connectivity index (χ2v) is 7.11. The Hall–Kier alpha value is -2.31. The number of ether oxygens (including phenoxy) is 2. The number of anilines is 1. The van der Waals surface area contributed by atoms with E-state index in [1.165, 1.54) is 11.3 Å². The molecule has 0 atom stereocenters. The number of methoxy groups -OCH3 is 1. The van der Waals surface area contributed by atoms with E-state index in [1.807, 2.05) is 13.8 Å². The molecule has 2 aliphatic rings. The highest BCUT2D eigenvalue weighted by atomic mass is 16.5. The fourth-order valence-electron chi connectivity index (χ4n) is 3.93. The molecular weight excluding hydrogens is 342 g/mol. The Bertz CT molecular complexity index is 818. The maximum absolute atomic E-state index is 5.74. The number of rotatable bonds is 5. The van der Waals surface area contributed by atoms with Crippen molar-refractivity contribution in [3.8, 4) is 16.9 Å². The van der Waals surface area contributed by atoms with E-state index in [-0.39, 0.29) is 0 Å². The van der Waals surface area contributed by atoms with Gasteiger partial charge < -0.3 is 18.9 Å². The normalized spacial score (nSPS) is 17.2. The van der Waals surface area contributed by atoms with Gasteiger partial charge in [0.05, 0.1) is 31.6 Å². The van der Waals surface area contributed by atoms with Gasteiger partial charge in [0.15, 0.2) is 0 Å². The maximum Gasteiger partial charge on any atom is 0.141 e. The van der Waals surface area contributed by atoms with Crippen molar-refractivity contribution in [2.45, 2.75) is 13.8 Å². The summed E-state index contributed by atoms with van der Waals surface area (Å²) in [5, 5.41) is 4.10. The van der Waals surface area contributed by atoms with Crippen molar-refractivity contribution >= 4 is 11.8 Å². The van der Waals surface area contributed by atoms with Crippen LogP contribution in [-0.4, -0.2) is 63.1 Å². The van der Waals surface area contributed by atoms with Crippen molar-refractivity contribution in [1.82, 2.24) is 10.1 Å². The predicted octanol–water partition coefficient (Wildman–Crippen LogP) is 3.13. The van der Waals surface area contributed by atoms with Crippen molar-refractivity contribution < 1.29 is 14.0 Å². The Morgan fingerprint density at radius 1 is 1.15 bits per heavy atom. The van der Waals surface area contributed by atoms with Gasteiger partial charge in [-0.2, -0.15) is 0 Å². The van der Waals surface area contributed by atoms with E-state index in [2.05, 4.69) is 39.2 Å². The SMILES string of the molecule is COc1cc2c(cc1-c1c(C)noc1C)C=CCN2CCN1CCOCC1. The second-order valence-electron chi connectivity index (χ2n) is 7.11. The number of benzene rings is 1. The predicted molar refractivity (Wildman–Crippen MR) is 106 cm³/mol. The van der Waals surface area contributed by atoms with Crippen LogP contribution >= 0.6 is 0 Å². The first-order valence-electron chi connectivity index (χ1n) is 9.54. The molecule has 2 aliphatic heterocycles. The molecule has 4 rings (SSSR count). The number of hydrogen-bond acceptors (Lipinski definition) is 6. The highest BCUT2D eigenvalue weighted by Crippen LogP contribution is 2.40. The summed E-state index contributed by atoms with van der Waals surface area (Å²) in [6.07, 6.45) is 4.42. The van der Waals surface area contributed by atoms with Gasteiger partial charge in [0.1, 0.15) is 11.5 Å². The van der Waals surface area contributed by atoms with Crippen LogP contribution in [0, 0.1) is 13.8 Å². The summed E-state index contributed by atoms with van der Waals surface area (Å²) >= 11 is 0. The molecule has 1 aromatic carbocycles. The highest BCUT2D eigenvalue weighted by molar-refractivity contribution is 5.83. The van der Waals surface area contributed by atoms with Crippen LogP contribution in [0.4, 0.5) is 5.69 Å². The fourth-order valence-corrected chi connectivity index (χ4v) is 3.93. The summed E-state index contributed by atoms with van der Waals surface area (Å²) in [6.45, 7) is 10.6. The van der Waals surface area contributed by atoms with Crippen LogP contribution in [0.3, 0.4) is 0 Å². The summed E-state index contributed by atoms with van der Waals surface area (Å²) < 4.78 is 16.6. The van der Waals surface area contributed by atoms with Crippen LogP contribution in [0.15, 0.2) is 22.7 Å². The molecule has 0 unspecified atom stereocenters. The van der Waals surface area contributed by atoms with Gasteiger partial charge in [0, 0.05) is 50.0 Å². The van der Waals surface area contributed by atoms with Gasteiger partial charge in [-0.15, -0.1) is 0 Å². The zero-order valence-electron chi connectivity index (χ0n) is 16.3. The Morgan fingerprint density at radius 3 is 2.67 bits per heavy atom. The van der Waals surface area contributed by atoms with Crippen molar-refractivity contribution in [3.63, 3.8) is 0 Å². The zero-order chi connectivity index (χ0) is 18.8. The lowest BCUT2D eigenvalue weighted by atomic mass is 9.97. The fraction of sp³-hybridized carbons (Fsp3) is 0.476. The lowest BCUT2D eigenvalue weighted by molar-refractivity contribution is 0.0392. The number of morpholine rings is 1. The Balaban J connectivity index is 1.62. The molecule has 6 nitrogen and oxygen atoms in total. The van der Waals surface area contributed by atoms with Gasteiger partial charge >= 0.3 is 0 Å². The molecule has 0 spiro atoms. The van der Waals surface area contributed by atoms with Crippen LogP contribution in [-0.2, 0) is 4.74 Å². The first kappa shape index (κ1) is 18.1. The summed E-state index contributed by atoms with van der Waals surface area (Å²) in [5.41, 5.74) is 5.37. The van der Waals surface area contributed by atoms with Gasteiger partial charge in [-0.3, -0.25) is 4.90 Å². The molecule has 27 heavy (non-hydrogen) atoms. The molecule has 0 saturated carbocycles. The Kier molecular flexibility index (Phi) is 5.18. The van der Waals surface area contributed by atoms with E-state index in [1.54, 1.807) is 7.11 Å². The molecule has 1 fully saturated rings. The van der Waals surface area contributed by atoms with Crippen LogP contribution in [0.2, 0.25) is 0 Å². The number of aromatic nitrogens is 1. The third kappa shape index (κ3) is 3.59. The van der Waals surface area contributed by atoms with E-state index in [0.29, 0.717) is 0 Å². The van der Waals surface area contributed by atoms with E-state index in [9.17, 15) is 0 Å². The minimum Gasteiger partial charge on any atom is -0.496 e. The van der Waals surface area contributed by atoms with Crippen molar-refractivity contribution in [2.24, 2.45) is 0 Å². The van der Waals surface area contributed by atoms with E-state index in [4.69, 9.17) is 14.0 Å². The van der Waals surface area contributed by atoms with Crippen LogP contribution in [0.5, 0.6) is 5.75 Å². The molecular formula is C21H27N3O3. The standard InChI is InChI=1S/C21H27N3O3/c1-15-21(16(2)27-22-15)18-13-17-5-4-6-24(19(17)14-20(18)25-3)8-7-23-9-11-26-12-10-23/h4-5,13-14H,6-12H2,1-3H3. The average Bonchev–Trinajstić information content (AvgIpc) is 3.04. The third-order valence-corrected chi connectivity index (χ3v) is 5.41. The third-order valence-electron chi connectivity index (χ3n) is 5.41. The van der Waals surface area contributed by atoms with Gasteiger partial charge in [-0.1, -0.05) is 17.3 Å². The lowest BCUT2D eigenvalue weighted by Gasteiger charge is -2.33. The Morgan fingerprint density at radius 2 is 1.96 bits per heavy atom. The average molecular weight is 369 g/mol. The number of nitrogens with zero attached hydrogens (tertiary/aromatic N) is 3. The van der Waals surface area contributed by atoms with Crippen LogP contribution < -0.4 is 9.64 Å². The van der Waals surface area contributed by atoms with Crippen molar-refractivity contribution in [3.05, 3.63) is 35.2 Å². The van der Waals surface area contributed by atoms with E-state index < -0.39 is 0 Å². The summed E-state index contributed by atoms with van der Waals surface area (Å²) in [4.78, 5) is 4.89. The van der Waals surface area contributed by atoms with Crippen molar-refractivity contribution in [1.29, 1.82) is 0 Å². The second kappa shape index (κ2) is 7.74. The largest absolute Gasteiger partial charge is 0.496 e. The Labute approximate surface area is 160 Å². The molecule has 3 heterocycles. The smallest absolute Gasteiger partial charge is 0.141 e. The molecule has 0 N–H and O–H groups in total.